The fourth-order valence-electron chi connectivity index (χ4n) is 1.15. The third kappa shape index (κ3) is 3.63. The molecule has 0 amide bonds. The van der Waals surface area contributed by atoms with Crippen molar-refractivity contribution in [3.05, 3.63) is 42.5 Å². The highest BCUT2D eigenvalue weighted by atomic mass is 35.5. The molecule has 0 radical (unpaired) electrons. The lowest BCUT2D eigenvalue weighted by atomic mass is 10.2. The summed E-state index contributed by atoms with van der Waals surface area (Å²) in [5.41, 5.74) is -1.28. The van der Waals surface area contributed by atoms with Crippen molar-refractivity contribution in [2.75, 3.05) is 7.11 Å². The maximum atomic E-state index is 13.2. The number of nitrogens with zero attached hydrogens (tertiary/aromatic N) is 1. The number of benzene rings is 1. The van der Waals surface area contributed by atoms with Gasteiger partial charge in [-0.25, -0.2) is 9.79 Å². The predicted octanol–water partition coefficient (Wildman–Crippen LogP) is 3.32. The normalized spacial score (nSPS) is 12.1. The van der Waals surface area contributed by atoms with E-state index >= 15 is 0 Å². The van der Waals surface area contributed by atoms with Gasteiger partial charge in [0.25, 0.3) is 0 Å². The standard InChI is InChI=1S/C12H10ClF2NO2/c1-8(11(17)18-2)10(12(13,14)15)16-9-6-4-3-5-7-9/h3-7H,1H2,2H3. The highest BCUT2D eigenvalue weighted by molar-refractivity contribution is 6.40. The van der Waals surface area contributed by atoms with E-state index in [4.69, 9.17) is 11.6 Å². The van der Waals surface area contributed by atoms with Gasteiger partial charge in [0.15, 0.2) is 0 Å². The summed E-state index contributed by atoms with van der Waals surface area (Å²) in [7, 11) is 1.06. The SMILES string of the molecule is C=C(C(=O)OC)C(=Nc1ccccc1)C(F)(F)Cl. The molecule has 0 aromatic heterocycles. The van der Waals surface area contributed by atoms with Crippen LogP contribution in [0.4, 0.5) is 14.5 Å². The minimum absolute atomic E-state index is 0.234. The molecule has 1 aromatic carbocycles. The maximum Gasteiger partial charge on any atom is 0.365 e. The Labute approximate surface area is 108 Å². The van der Waals surface area contributed by atoms with Gasteiger partial charge in [-0.05, 0) is 23.7 Å². The molecular weight excluding hydrogens is 264 g/mol. The molecule has 0 saturated carbocycles. The van der Waals surface area contributed by atoms with E-state index in [2.05, 4.69) is 16.3 Å². The summed E-state index contributed by atoms with van der Waals surface area (Å²) in [6.45, 7) is 3.22. The molecule has 0 N–H and O–H groups in total. The number of methoxy groups -OCH3 is 1. The van der Waals surface area contributed by atoms with E-state index in [1.165, 1.54) is 12.1 Å². The number of halogens is 3. The Morgan fingerprint density at radius 1 is 1.39 bits per heavy atom. The number of para-hydroxylation sites is 1. The quantitative estimate of drug-likeness (QED) is 0.365. The minimum atomic E-state index is -3.80. The zero-order valence-electron chi connectivity index (χ0n) is 9.49. The monoisotopic (exact) mass is 273 g/mol. The van der Waals surface area contributed by atoms with Crippen LogP contribution in [0.2, 0.25) is 0 Å². The molecule has 0 fully saturated rings. The van der Waals surface area contributed by atoms with Crippen LogP contribution in [0.1, 0.15) is 0 Å². The molecular formula is C12H10ClF2NO2. The van der Waals surface area contributed by atoms with Crippen LogP contribution in [-0.4, -0.2) is 24.2 Å². The van der Waals surface area contributed by atoms with Crippen molar-refractivity contribution < 1.29 is 18.3 Å². The summed E-state index contributed by atoms with van der Waals surface area (Å²) in [5, 5.41) is -3.80. The van der Waals surface area contributed by atoms with Crippen molar-refractivity contribution in [2.24, 2.45) is 4.99 Å². The van der Waals surface area contributed by atoms with E-state index in [0.717, 1.165) is 7.11 Å². The molecule has 1 rings (SSSR count). The van der Waals surface area contributed by atoms with Gasteiger partial charge in [-0.2, -0.15) is 8.78 Å². The smallest absolute Gasteiger partial charge is 0.365 e. The van der Waals surface area contributed by atoms with Crippen LogP contribution in [-0.2, 0) is 9.53 Å². The van der Waals surface area contributed by atoms with Crippen molar-refractivity contribution in [3.63, 3.8) is 0 Å². The van der Waals surface area contributed by atoms with E-state index in [9.17, 15) is 13.6 Å². The number of rotatable bonds is 4. The van der Waals surface area contributed by atoms with E-state index in [1.807, 2.05) is 0 Å². The highest BCUT2D eigenvalue weighted by Gasteiger charge is 2.37. The summed E-state index contributed by atoms with van der Waals surface area (Å²) >= 11 is 4.91. The number of carbonyl (C=O) groups excluding carboxylic acids is 1. The van der Waals surface area contributed by atoms with Gasteiger partial charge < -0.3 is 4.74 Å². The summed E-state index contributed by atoms with van der Waals surface area (Å²) in [6, 6.07) is 7.92. The van der Waals surface area contributed by atoms with Gasteiger partial charge >= 0.3 is 11.4 Å². The zero-order chi connectivity index (χ0) is 13.8. The highest BCUT2D eigenvalue weighted by Crippen LogP contribution is 2.28. The molecule has 3 nitrogen and oxygen atoms in total. The first-order valence-electron chi connectivity index (χ1n) is 4.84. The van der Waals surface area contributed by atoms with Gasteiger partial charge in [-0.15, -0.1) is 0 Å². The molecule has 6 heteroatoms. The van der Waals surface area contributed by atoms with Gasteiger partial charge in [-0.1, -0.05) is 24.8 Å². The van der Waals surface area contributed by atoms with Crippen molar-refractivity contribution >= 4 is 29.0 Å². The molecule has 0 aliphatic carbocycles. The van der Waals surface area contributed by atoms with Crippen LogP contribution in [0.5, 0.6) is 0 Å². The average Bonchev–Trinajstić information content (AvgIpc) is 2.34. The van der Waals surface area contributed by atoms with E-state index in [1.54, 1.807) is 18.2 Å². The molecule has 0 saturated heterocycles. The Morgan fingerprint density at radius 2 is 1.94 bits per heavy atom. The number of hydrogen-bond acceptors (Lipinski definition) is 3. The van der Waals surface area contributed by atoms with Crippen LogP contribution in [0.15, 0.2) is 47.5 Å². The summed E-state index contributed by atoms with van der Waals surface area (Å²) in [4.78, 5) is 14.8. The fraction of sp³-hybridized carbons (Fsp3) is 0.167. The summed E-state index contributed by atoms with van der Waals surface area (Å²) < 4.78 is 30.7. The Hall–Kier alpha value is -1.75. The number of aliphatic imine (C=N–C) groups is 1. The molecule has 0 bridgehead atoms. The molecule has 0 unspecified atom stereocenters. The van der Waals surface area contributed by atoms with Crippen molar-refractivity contribution in [3.8, 4) is 0 Å². The van der Waals surface area contributed by atoms with Gasteiger partial charge in [0, 0.05) is 0 Å². The first kappa shape index (κ1) is 14.3. The largest absolute Gasteiger partial charge is 0.465 e. The van der Waals surface area contributed by atoms with Crippen molar-refractivity contribution in [1.82, 2.24) is 0 Å². The van der Waals surface area contributed by atoms with Crippen LogP contribution < -0.4 is 0 Å². The van der Waals surface area contributed by atoms with E-state index in [0.29, 0.717) is 0 Å². The zero-order valence-corrected chi connectivity index (χ0v) is 10.2. The number of ether oxygens (including phenoxy) is 1. The Kier molecular flexibility index (Phi) is 4.55. The number of esters is 1. The van der Waals surface area contributed by atoms with E-state index < -0.39 is 22.6 Å². The minimum Gasteiger partial charge on any atom is -0.465 e. The molecule has 0 aliphatic heterocycles. The Balaban J connectivity index is 3.20. The maximum absolute atomic E-state index is 13.2. The van der Waals surface area contributed by atoms with E-state index in [-0.39, 0.29) is 5.69 Å². The third-order valence-corrected chi connectivity index (χ3v) is 2.16. The van der Waals surface area contributed by atoms with Gasteiger partial charge in [0.1, 0.15) is 5.71 Å². The first-order valence-corrected chi connectivity index (χ1v) is 5.22. The summed E-state index contributed by atoms with van der Waals surface area (Å²) in [5.74, 6) is -1.01. The van der Waals surface area contributed by atoms with Gasteiger partial charge in [-0.3, -0.25) is 0 Å². The van der Waals surface area contributed by atoms with Gasteiger partial charge in [0.05, 0.1) is 18.4 Å². The second-order valence-electron chi connectivity index (χ2n) is 3.26. The number of alkyl halides is 3. The predicted molar refractivity (Wildman–Crippen MR) is 65.5 cm³/mol. The molecule has 0 aliphatic rings. The molecule has 18 heavy (non-hydrogen) atoms. The van der Waals surface area contributed by atoms with Crippen LogP contribution >= 0.6 is 11.6 Å². The average molecular weight is 274 g/mol. The van der Waals surface area contributed by atoms with Crippen LogP contribution in [0, 0.1) is 0 Å². The van der Waals surface area contributed by atoms with Crippen molar-refractivity contribution in [2.45, 2.75) is 5.38 Å². The van der Waals surface area contributed by atoms with Crippen molar-refractivity contribution in [1.29, 1.82) is 0 Å². The first-order chi connectivity index (χ1) is 8.36. The van der Waals surface area contributed by atoms with Crippen LogP contribution in [0.25, 0.3) is 0 Å². The fourth-order valence-corrected chi connectivity index (χ4v) is 1.31. The molecule has 0 heterocycles. The Bertz CT molecular complexity index is 481. The molecule has 0 spiro atoms. The molecule has 96 valence electrons. The Morgan fingerprint density at radius 3 is 2.39 bits per heavy atom. The lowest BCUT2D eigenvalue weighted by molar-refractivity contribution is -0.135. The summed E-state index contributed by atoms with van der Waals surface area (Å²) in [6.07, 6.45) is 0. The number of carbonyl (C=O) groups is 1. The van der Waals surface area contributed by atoms with Crippen LogP contribution in [0.3, 0.4) is 0 Å². The second kappa shape index (κ2) is 5.73. The second-order valence-corrected chi connectivity index (χ2v) is 3.74. The molecule has 1 aromatic rings. The number of hydrogen-bond donors (Lipinski definition) is 0. The lowest BCUT2D eigenvalue weighted by Gasteiger charge is -2.12. The lowest BCUT2D eigenvalue weighted by Crippen LogP contribution is -2.27. The molecule has 0 atom stereocenters. The third-order valence-electron chi connectivity index (χ3n) is 1.98. The topological polar surface area (TPSA) is 38.7 Å². The van der Waals surface area contributed by atoms with Gasteiger partial charge in [0.2, 0.25) is 0 Å².